The Hall–Kier alpha value is -3.38. The number of hydroxylamine groups is 1. The van der Waals surface area contributed by atoms with Crippen LogP contribution < -0.4 is 10.2 Å². The number of hydrogen-bond acceptors (Lipinski definition) is 7. The van der Waals surface area contributed by atoms with Gasteiger partial charge in [0.2, 0.25) is 5.82 Å². The van der Waals surface area contributed by atoms with Crippen LogP contribution in [0.1, 0.15) is 15.9 Å². The average molecular weight is 449 g/mol. The van der Waals surface area contributed by atoms with Gasteiger partial charge in [0.05, 0.1) is 12.0 Å². The summed E-state index contributed by atoms with van der Waals surface area (Å²) in [7, 11) is 1.07. The molecule has 0 aliphatic heterocycles. The normalized spacial score (nSPS) is 10.5. The number of methoxy groups -OCH3 is 1. The zero-order chi connectivity index (χ0) is 22.6. The molecule has 9 nitrogen and oxygen atoms in total. The molecule has 0 unspecified atom stereocenters. The molecule has 1 amide bonds. The molecular formula is C17H12ClF3N2O7. The average Bonchev–Trinajstić information content (AvgIpc) is 2.73. The number of hydrogen-bond donors (Lipinski definition) is 1. The van der Waals surface area contributed by atoms with Crippen molar-refractivity contribution in [3.63, 3.8) is 0 Å². The van der Waals surface area contributed by atoms with Gasteiger partial charge in [0.25, 0.3) is 11.6 Å². The van der Waals surface area contributed by atoms with Crippen LogP contribution in [-0.2, 0) is 14.4 Å². The monoisotopic (exact) mass is 448 g/mol. The number of halogens is 4. The summed E-state index contributed by atoms with van der Waals surface area (Å²) >= 11 is 5.66. The maximum Gasteiger partial charge on any atom is 0.334 e. The number of carbonyl (C=O) groups is 2. The zero-order valence-corrected chi connectivity index (χ0v) is 16.0. The molecule has 0 fully saturated rings. The van der Waals surface area contributed by atoms with E-state index in [0.717, 1.165) is 32.2 Å². The number of ether oxygens (including phenoxy) is 2. The summed E-state index contributed by atoms with van der Waals surface area (Å²) in [5.41, 5.74) is -0.209. The summed E-state index contributed by atoms with van der Waals surface area (Å²) in [5.74, 6) is -7.81. The Kier molecular flexibility index (Phi) is 7.19. The van der Waals surface area contributed by atoms with E-state index < -0.39 is 74.2 Å². The fourth-order valence-electron chi connectivity index (χ4n) is 2.12. The maximum atomic E-state index is 14.1. The fourth-order valence-corrected chi connectivity index (χ4v) is 2.39. The summed E-state index contributed by atoms with van der Waals surface area (Å²) in [6.07, 6.45) is 0. The van der Waals surface area contributed by atoms with Gasteiger partial charge in [0.1, 0.15) is 16.3 Å². The van der Waals surface area contributed by atoms with Crippen molar-refractivity contribution in [1.29, 1.82) is 0 Å². The highest BCUT2D eigenvalue weighted by molar-refractivity contribution is 6.32. The minimum atomic E-state index is -1.59. The van der Waals surface area contributed by atoms with E-state index in [1.165, 1.54) is 0 Å². The number of rotatable bonds is 7. The summed E-state index contributed by atoms with van der Waals surface area (Å²) in [6, 6.07) is 2.58. The molecule has 0 bridgehead atoms. The Morgan fingerprint density at radius 1 is 1.20 bits per heavy atom. The van der Waals surface area contributed by atoms with Crippen LogP contribution >= 0.6 is 11.6 Å². The van der Waals surface area contributed by atoms with E-state index in [-0.39, 0.29) is 0 Å². The Morgan fingerprint density at radius 2 is 1.87 bits per heavy atom. The van der Waals surface area contributed by atoms with Crippen LogP contribution in [0.25, 0.3) is 0 Å². The van der Waals surface area contributed by atoms with Crippen molar-refractivity contribution in [2.24, 2.45) is 0 Å². The first-order chi connectivity index (χ1) is 14.1. The summed E-state index contributed by atoms with van der Waals surface area (Å²) in [4.78, 5) is 37.9. The van der Waals surface area contributed by atoms with E-state index in [1.54, 1.807) is 5.48 Å². The molecule has 30 heavy (non-hydrogen) atoms. The minimum Gasteiger partial charge on any atom is -0.467 e. The molecule has 1 N–H and O–H groups in total. The molecule has 0 aromatic heterocycles. The Labute approximate surface area is 171 Å². The number of nitro groups is 1. The molecule has 0 atom stereocenters. The Morgan fingerprint density at radius 3 is 2.47 bits per heavy atom. The number of nitrogens with one attached hydrogen (secondary N) is 1. The SMILES string of the molecule is COC(=O)CONC(=O)c1cc(Oc2c(F)c(F)c(C)c(F)c2Cl)ccc1[N+](=O)[O-]. The summed E-state index contributed by atoms with van der Waals surface area (Å²) in [5, 5.41) is 10.3. The van der Waals surface area contributed by atoms with Crippen LogP contribution in [0.4, 0.5) is 18.9 Å². The van der Waals surface area contributed by atoms with Crippen LogP contribution in [0, 0.1) is 34.5 Å². The summed E-state index contributed by atoms with van der Waals surface area (Å²) in [6.45, 7) is 0.279. The molecule has 0 radical (unpaired) electrons. The number of nitrogens with zero attached hydrogens (tertiary/aromatic N) is 1. The molecule has 0 saturated carbocycles. The highest BCUT2D eigenvalue weighted by atomic mass is 35.5. The number of benzene rings is 2. The van der Waals surface area contributed by atoms with Gasteiger partial charge in [0, 0.05) is 17.7 Å². The van der Waals surface area contributed by atoms with Gasteiger partial charge in [-0.3, -0.25) is 19.7 Å². The van der Waals surface area contributed by atoms with Gasteiger partial charge in [-0.1, -0.05) is 11.6 Å². The van der Waals surface area contributed by atoms with E-state index >= 15 is 0 Å². The van der Waals surface area contributed by atoms with Crippen molar-refractivity contribution in [2.45, 2.75) is 6.92 Å². The zero-order valence-electron chi connectivity index (χ0n) is 15.3. The Bertz CT molecular complexity index is 1000. The molecule has 13 heteroatoms. The third kappa shape index (κ3) is 4.78. The number of nitro benzene ring substituents is 1. The first-order valence-electron chi connectivity index (χ1n) is 7.86. The first-order valence-corrected chi connectivity index (χ1v) is 8.24. The molecular weight excluding hydrogens is 437 g/mol. The van der Waals surface area contributed by atoms with Gasteiger partial charge in [0.15, 0.2) is 24.0 Å². The predicted molar refractivity (Wildman–Crippen MR) is 94.7 cm³/mol. The number of carbonyl (C=O) groups excluding carboxylic acids is 2. The van der Waals surface area contributed by atoms with E-state index in [9.17, 15) is 32.9 Å². The topological polar surface area (TPSA) is 117 Å². The van der Waals surface area contributed by atoms with Crippen molar-refractivity contribution >= 4 is 29.2 Å². The van der Waals surface area contributed by atoms with Gasteiger partial charge in [-0.05, 0) is 13.0 Å². The van der Waals surface area contributed by atoms with Crippen molar-refractivity contribution in [2.75, 3.05) is 13.7 Å². The second-order valence-electron chi connectivity index (χ2n) is 5.54. The highest BCUT2D eigenvalue weighted by Gasteiger charge is 2.26. The maximum absolute atomic E-state index is 14.1. The van der Waals surface area contributed by atoms with Crippen LogP contribution in [0.15, 0.2) is 18.2 Å². The van der Waals surface area contributed by atoms with Crippen molar-refractivity contribution in [1.82, 2.24) is 5.48 Å². The molecule has 0 heterocycles. The lowest BCUT2D eigenvalue weighted by Gasteiger charge is -2.13. The largest absolute Gasteiger partial charge is 0.467 e. The quantitative estimate of drug-likeness (QED) is 0.297. The van der Waals surface area contributed by atoms with E-state index in [1.807, 2.05) is 0 Å². The van der Waals surface area contributed by atoms with Gasteiger partial charge >= 0.3 is 5.97 Å². The molecule has 160 valence electrons. The van der Waals surface area contributed by atoms with Crippen LogP contribution in [-0.4, -0.2) is 30.5 Å². The van der Waals surface area contributed by atoms with Crippen molar-refractivity contribution in [3.05, 3.63) is 61.9 Å². The molecule has 2 rings (SSSR count). The first kappa shape index (κ1) is 22.9. The standard InChI is InChI=1S/C17H12ClF3N2O7/c1-7-13(19)12(18)16(15(21)14(7)20)30-8-3-4-10(23(26)27)9(5-8)17(25)22-29-6-11(24)28-2/h3-5H,6H2,1-2H3,(H,22,25). The van der Waals surface area contributed by atoms with E-state index in [2.05, 4.69) is 9.57 Å². The number of esters is 1. The second kappa shape index (κ2) is 9.41. The van der Waals surface area contributed by atoms with Gasteiger partial charge in [-0.2, -0.15) is 4.39 Å². The highest BCUT2D eigenvalue weighted by Crippen LogP contribution is 2.38. The van der Waals surface area contributed by atoms with Gasteiger partial charge in [-0.25, -0.2) is 19.1 Å². The van der Waals surface area contributed by atoms with Gasteiger partial charge < -0.3 is 9.47 Å². The Balaban J connectivity index is 2.38. The lowest BCUT2D eigenvalue weighted by atomic mass is 10.1. The smallest absolute Gasteiger partial charge is 0.334 e. The molecule has 0 saturated heterocycles. The molecule has 2 aromatic rings. The molecule has 0 aliphatic rings. The summed E-state index contributed by atoms with van der Waals surface area (Å²) < 4.78 is 51.2. The third-order valence-corrected chi connectivity index (χ3v) is 3.99. The lowest BCUT2D eigenvalue weighted by molar-refractivity contribution is -0.385. The van der Waals surface area contributed by atoms with Crippen molar-refractivity contribution in [3.8, 4) is 11.5 Å². The van der Waals surface area contributed by atoms with Crippen molar-refractivity contribution < 1.29 is 42.0 Å². The number of amides is 1. The second-order valence-corrected chi connectivity index (χ2v) is 5.92. The fraction of sp³-hybridized carbons (Fsp3) is 0.176. The predicted octanol–water partition coefficient (Wildman–Crippen LogP) is 3.60. The minimum absolute atomic E-state index is 0.401. The molecule has 2 aromatic carbocycles. The van der Waals surface area contributed by atoms with Gasteiger partial charge in [-0.15, -0.1) is 0 Å². The lowest BCUT2D eigenvalue weighted by Crippen LogP contribution is -2.27. The van der Waals surface area contributed by atoms with Crippen LogP contribution in [0.5, 0.6) is 11.5 Å². The molecule has 0 spiro atoms. The van der Waals surface area contributed by atoms with Crippen LogP contribution in [0.2, 0.25) is 5.02 Å². The molecule has 0 aliphatic carbocycles. The third-order valence-electron chi connectivity index (χ3n) is 3.65. The van der Waals surface area contributed by atoms with Crippen LogP contribution in [0.3, 0.4) is 0 Å². The van der Waals surface area contributed by atoms with E-state index in [0.29, 0.717) is 0 Å². The van der Waals surface area contributed by atoms with E-state index in [4.69, 9.17) is 16.3 Å².